The fourth-order valence-electron chi connectivity index (χ4n) is 8.75. The fraction of sp³-hybridized carbons (Fsp3) is 0.667. The lowest BCUT2D eigenvalue weighted by atomic mass is 9.52. The molecule has 4 heterocycles. The first-order chi connectivity index (χ1) is 21.9. The third-order valence-electron chi connectivity index (χ3n) is 9.95. The van der Waals surface area contributed by atoms with E-state index in [-0.39, 0.29) is 35.6 Å². The van der Waals surface area contributed by atoms with Crippen molar-refractivity contribution in [3.8, 4) is 0 Å². The van der Waals surface area contributed by atoms with E-state index in [1.165, 1.54) is 76.4 Å². The van der Waals surface area contributed by atoms with Crippen LogP contribution in [0.4, 0.5) is 0 Å². The maximum Gasteiger partial charge on any atom is 0.150 e. The Bertz CT molecular complexity index is 931. The Kier molecular flexibility index (Phi) is 12.9. The van der Waals surface area contributed by atoms with Gasteiger partial charge in [-0.2, -0.15) is 0 Å². The van der Waals surface area contributed by atoms with Gasteiger partial charge >= 0.3 is 0 Å². The van der Waals surface area contributed by atoms with E-state index in [1.807, 2.05) is 0 Å². The molecule has 9 nitrogen and oxygen atoms in total. The van der Waals surface area contributed by atoms with Crippen LogP contribution in [0, 0.1) is 17.8 Å². The molecule has 8 rings (SSSR count). The molecule has 9 heteroatoms. The first-order valence-electron chi connectivity index (χ1n) is 16.2. The lowest BCUT2D eigenvalue weighted by Crippen LogP contribution is -2.60. The predicted molar refractivity (Wildman–Crippen MR) is 172 cm³/mol. The number of rotatable bonds is 12. The van der Waals surface area contributed by atoms with Crippen molar-refractivity contribution < 1.29 is 42.6 Å². The maximum absolute atomic E-state index is 5.86. The second-order valence-electron chi connectivity index (χ2n) is 12.9. The van der Waals surface area contributed by atoms with Crippen LogP contribution in [0.5, 0.6) is 0 Å². The topological polar surface area (TPSA) is 83.1 Å². The van der Waals surface area contributed by atoms with Crippen molar-refractivity contribution in [3.63, 3.8) is 0 Å². The molecule has 0 amide bonds. The summed E-state index contributed by atoms with van der Waals surface area (Å²) in [5.74, 6) is 2.19. The van der Waals surface area contributed by atoms with Crippen molar-refractivity contribution in [1.29, 1.82) is 0 Å². The van der Waals surface area contributed by atoms with Gasteiger partial charge in [0.05, 0.1) is 76.7 Å². The highest BCUT2D eigenvalue weighted by atomic mass is 16.6. The number of ether oxygens (including phenoxy) is 9. The van der Waals surface area contributed by atoms with Crippen LogP contribution < -0.4 is 0 Å². The zero-order valence-corrected chi connectivity index (χ0v) is 27.1. The Morgan fingerprint density at radius 2 is 1.22 bits per heavy atom. The van der Waals surface area contributed by atoms with Crippen LogP contribution >= 0.6 is 0 Å². The van der Waals surface area contributed by atoms with E-state index in [0.717, 1.165) is 24.9 Å². The van der Waals surface area contributed by atoms with Gasteiger partial charge in [-0.25, -0.2) is 0 Å². The molecule has 4 saturated carbocycles. The lowest BCUT2D eigenvalue weighted by molar-refractivity contribution is -0.203. The molecule has 4 aliphatic carbocycles. The van der Waals surface area contributed by atoms with E-state index in [0.29, 0.717) is 31.3 Å². The van der Waals surface area contributed by atoms with Gasteiger partial charge in [-0.3, -0.25) is 0 Å². The molecule has 252 valence electrons. The van der Waals surface area contributed by atoms with Crippen molar-refractivity contribution in [3.05, 3.63) is 77.0 Å². The molecule has 0 N–H and O–H groups in total. The first-order valence-corrected chi connectivity index (χ1v) is 16.2. The normalized spacial score (nSPS) is 40.3. The largest absolute Gasteiger partial charge is 0.505 e. The lowest BCUT2D eigenvalue weighted by Gasteiger charge is -2.60. The maximum atomic E-state index is 5.86. The van der Waals surface area contributed by atoms with E-state index in [4.69, 9.17) is 37.9 Å². The Hall–Kier alpha value is -2.88. The molecule has 7 atom stereocenters. The molecule has 4 aliphatic heterocycles. The van der Waals surface area contributed by atoms with Crippen molar-refractivity contribution in [1.82, 2.24) is 0 Å². The zero-order chi connectivity index (χ0) is 32.3. The molecule has 0 aromatic rings. The summed E-state index contributed by atoms with van der Waals surface area (Å²) in [5.41, 5.74) is 0.0453. The standard InChI is InChI=1S/C14H20O2.C10H14O4.C9H14O2.C3H6O/c1-3-15-13-6-11-5-12(7-13)9-14(8-11,10-13)16-4-2;1-3-11-7-5-13-10-8(12-4-2)6-14-9(7)10;1-2-10-6-7-5-8-3-4-9(7)11-8;1-3-4-2/h3-4,11-12H,1-2,5-10H2;3-4,7-10H,1-2,5-6H2;2,7-9H,1,3-6H2;3H,1H2,2H3. The monoisotopic (exact) mass is 630 g/mol. The average Bonchev–Trinajstić information content (AvgIpc) is 3.81. The Balaban J connectivity index is 0.000000147. The van der Waals surface area contributed by atoms with Crippen molar-refractivity contribution in [2.75, 3.05) is 26.9 Å². The van der Waals surface area contributed by atoms with Crippen molar-refractivity contribution >= 4 is 0 Å². The minimum absolute atomic E-state index is 0.0227. The number of fused-ring (bicyclic) bond motifs is 3. The summed E-state index contributed by atoms with van der Waals surface area (Å²) in [4.78, 5) is 0. The Morgan fingerprint density at radius 1 is 0.689 bits per heavy atom. The summed E-state index contributed by atoms with van der Waals surface area (Å²) in [6.45, 7) is 23.1. The Morgan fingerprint density at radius 3 is 1.60 bits per heavy atom. The number of methoxy groups -OCH3 is 1. The Labute approximate surface area is 269 Å². The van der Waals surface area contributed by atoms with E-state index in [2.05, 4.69) is 44.2 Å². The van der Waals surface area contributed by atoms with Crippen LogP contribution in [-0.4, -0.2) is 74.8 Å². The van der Waals surface area contributed by atoms with Crippen LogP contribution in [0.25, 0.3) is 0 Å². The highest BCUT2D eigenvalue weighted by Gasteiger charge is 2.60. The third kappa shape index (κ3) is 8.69. The summed E-state index contributed by atoms with van der Waals surface area (Å²) in [6, 6.07) is 0. The molecule has 7 unspecified atom stereocenters. The summed E-state index contributed by atoms with van der Waals surface area (Å²) < 4.78 is 48.5. The van der Waals surface area contributed by atoms with E-state index in [1.54, 1.807) is 19.6 Å². The van der Waals surface area contributed by atoms with Gasteiger partial charge in [-0.15, -0.1) is 0 Å². The molecule has 0 spiro atoms. The highest BCUT2D eigenvalue weighted by Crippen LogP contribution is 2.60. The molecule has 0 radical (unpaired) electrons. The minimum atomic E-state index is -0.0593. The molecule has 0 aromatic heterocycles. The second kappa shape index (κ2) is 16.6. The SMILES string of the molecule is C=COC.C=COC12CC3CC(C1)CC(OC=C)(C3)C2.C=COC1COC2C(OC=C)COC12.C=COCC1CC2CCC1O2. The molecule has 0 aromatic carbocycles. The predicted octanol–water partition coefficient (Wildman–Crippen LogP) is 6.73. The first kappa shape index (κ1) is 35.0. The van der Waals surface area contributed by atoms with Crippen LogP contribution in [-0.2, 0) is 42.6 Å². The van der Waals surface area contributed by atoms with Gasteiger partial charge in [0.2, 0.25) is 0 Å². The van der Waals surface area contributed by atoms with Crippen LogP contribution in [0.2, 0.25) is 0 Å². The molecule has 6 bridgehead atoms. The fourth-order valence-corrected chi connectivity index (χ4v) is 8.75. The van der Waals surface area contributed by atoms with Crippen LogP contribution in [0.3, 0.4) is 0 Å². The summed E-state index contributed by atoms with van der Waals surface area (Å²) in [6.07, 6.45) is 20.6. The average molecular weight is 631 g/mol. The van der Waals surface area contributed by atoms with Crippen LogP contribution in [0.1, 0.15) is 57.8 Å². The molecule has 8 fully saturated rings. The second-order valence-corrected chi connectivity index (χ2v) is 12.9. The highest BCUT2D eigenvalue weighted by molar-refractivity contribution is 5.11. The van der Waals surface area contributed by atoms with E-state index < -0.39 is 0 Å². The summed E-state index contributed by atoms with van der Waals surface area (Å²) in [7, 11) is 1.56. The minimum Gasteiger partial charge on any atom is -0.505 e. The number of hydrogen-bond donors (Lipinski definition) is 0. The van der Waals surface area contributed by atoms with Crippen LogP contribution in [0.15, 0.2) is 77.0 Å². The van der Waals surface area contributed by atoms with Gasteiger partial charge in [0.1, 0.15) is 35.6 Å². The van der Waals surface area contributed by atoms with Gasteiger partial charge in [0.25, 0.3) is 0 Å². The van der Waals surface area contributed by atoms with Gasteiger partial charge in [-0.05, 0) is 63.2 Å². The molecule has 8 aliphatic rings. The molecular weight excluding hydrogens is 576 g/mol. The molecule has 4 saturated heterocycles. The van der Waals surface area contributed by atoms with Gasteiger partial charge < -0.3 is 42.6 Å². The third-order valence-corrected chi connectivity index (χ3v) is 9.95. The smallest absolute Gasteiger partial charge is 0.150 e. The van der Waals surface area contributed by atoms with Crippen molar-refractivity contribution in [2.45, 2.75) is 106 Å². The quantitative estimate of drug-likeness (QED) is 0.218. The van der Waals surface area contributed by atoms with Gasteiger partial charge in [0.15, 0.2) is 0 Å². The molecule has 45 heavy (non-hydrogen) atoms. The van der Waals surface area contributed by atoms with Gasteiger partial charge in [0, 0.05) is 12.3 Å². The summed E-state index contributed by atoms with van der Waals surface area (Å²) in [5, 5.41) is 0. The summed E-state index contributed by atoms with van der Waals surface area (Å²) >= 11 is 0. The van der Waals surface area contributed by atoms with E-state index in [9.17, 15) is 0 Å². The number of hydrogen-bond acceptors (Lipinski definition) is 9. The zero-order valence-electron chi connectivity index (χ0n) is 27.1. The molecular formula is C36H54O9. The van der Waals surface area contributed by atoms with Crippen molar-refractivity contribution in [2.24, 2.45) is 17.8 Å². The van der Waals surface area contributed by atoms with E-state index >= 15 is 0 Å². The van der Waals surface area contributed by atoms with Gasteiger partial charge in [-0.1, -0.05) is 39.5 Å².